The van der Waals surface area contributed by atoms with Gasteiger partial charge in [-0.1, -0.05) is 48.8 Å². The molecule has 1 aliphatic rings. The number of hydrogen-bond donors (Lipinski definition) is 1. The molecule has 0 bridgehead atoms. The van der Waals surface area contributed by atoms with Crippen molar-refractivity contribution >= 4 is 35.1 Å². The number of thioether (sulfide) groups is 1. The molecule has 1 amide bonds. The van der Waals surface area contributed by atoms with Crippen LogP contribution in [0, 0.1) is 0 Å². The summed E-state index contributed by atoms with van der Waals surface area (Å²) in [6.45, 7) is 8.30. The zero-order chi connectivity index (χ0) is 23.6. The summed E-state index contributed by atoms with van der Waals surface area (Å²) in [6.07, 6.45) is 5.95. The molecule has 1 aliphatic heterocycles. The highest BCUT2D eigenvalue weighted by molar-refractivity contribution is 7.98. The van der Waals surface area contributed by atoms with E-state index in [9.17, 15) is 4.79 Å². The van der Waals surface area contributed by atoms with E-state index in [-0.39, 0.29) is 5.91 Å². The highest BCUT2D eigenvalue weighted by Gasteiger charge is 2.17. The van der Waals surface area contributed by atoms with Gasteiger partial charge in [0.25, 0.3) is 5.91 Å². The molecule has 0 spiro atoms. The van der Waals surface area contributed by atoms with Crippen molar-refractivity contribution in [3.05, 3.63) is 46.6 Å². The Morgan fingerprint density at radius 1 is 1.27 bits per heavy atom. The van der Waals surface area contributed by atoms with Crippen LogP contribution < -0.4 is 10.2 Å². The summed E-state index contributed by atoms with van der Waals surface area (Å²) in [5.41, 5.74) is 1.81. The van der Waals surface area contributed by atoms with Crippen LogP contribution in [0.25, 0.3) is 0 Å². The van der Waals surface area contributed by atoms with Crippen molar-refractivity contribution in [3.63, 3.8) is 0 Å². The molecule has 3 rings (SSSR count). The molecule has 0 radical (unpaired) electrons. The lowest BCUT2D eigenvalue weighted by Gasteiger charge is -2.33. The van der Waals surface area contributed by atoms with E-state index in [0.29, 0.717) is 34.2 Å². The first-order chi connectivity index (χ1) is 16.0. The Hall–Kier alpha value is -1.83. The number of amides is 1. The Bertz CT molecular complexity index is 895. The molecule has 2 aromatic rings. The highest BCUT2D eigenvalue weighted by atomic mass is 35.5. The van der Waals surface area contributed by atoms with Gasteiger partial charge in [-0.25, -0.2) is 9.97 Å². The third-order valence-electron chi connectivity index (χ3n) is 6.04. The lowest BCUT2D eigenvalue weighted by atomic mass is 10.0. The van der Waals surface area contributed by atoms with Gasteiger partial charge in [0.2, 0.25) is 0 Å². The first-order valence-electron chi connectivity index (χ1n) is 12.0. The normalized spacial score (nSPS) is 16.5. The van der Waals surface area contributed by atoms with Crippen LogP contribution in [0.3, 0.4) is 0 Å². The number of nitrogens with one attached hydrogen (secondary N) is 1. The molecule has 1 saturated heterocycles. The molecule has 1 unspecified atom stereocenters. The zero-order valence-corrected chi connectivity index (χ0v) is 21.6. The van der Waals surface area contributed by atoms with Crippen molar-refractivity contribution < 1.29 is 4.79 Å². The molecule has 1 atom stereocenters. The van der Waals surface area contributed by atoms with E-state index in [0.717, 1.165) is 37.3 Å². The molecule has 1 fully saturated rings. The molecule has 1 N–H and O–H groups in total. The van der Waals surface area contributed by atoms with Gasteiger partial charge < -0.3 is 15.1 Å². The van der Waals surface area contributed by atoms with Crippen LogP contribution in [0.15, 0.2) is 35.5 Å². The van der Waals surface area contributed by atoms with E-state index in [2.05, 4.69) is 38.9 Å². The number of halogens is 1. The van der Waals surface area contributed by atoms with Gasteiger partial charge in [0, 0.05) is 50.1 Å². The molecular formula is C25H36ClN5OS. The number of carbonyl (C=O) groups excluding carboxylic acids is 1. The second-order valence-corrected chi connectivity index (χ2v) is 10.1. The quantitative estimate of drug-likeness (QED) is 0.201. The van der Waals surface area contributed by atoms with Gasteiger partial charge in [0.1, 0.15) is 11.0 Å². The van der Waals surface area contributed by atoms with E-state index in [1.54, 1.807) is 17.8 Å². The summed E-state index contributed by atoms with van der Waals surface area (Å²) < 4.78 is 0. The second kappa shape index (κ2) is 13.2. The Kier molecular flexibility index (Phi) is 10.3. The van der Waals surface area contributed by atoms with Crippen LogP contribution in [0.2, 0.25) is 5.15 Å². The topological polar surface area (TPSA) is 61.4 Å². The number of nitrogens with zero attached hydrogens (tertiary/aromatic N) is 4. The van der Waals surface area contributed by atoms with Crippen molar-refractivity contribution in [1.29, 1.82) is 0 Å². The highest BCUT2D eigenvalue weighted by Crippen LogP contribution is 2.24. The SMILES string of the molecule is CCCN(C)c1cc(Cl)nc(SCc2ccc(C(=O)NCCCN3CCCCC3C)cc2)n1. The Balaban J connectivity index is 1.44. The minimum atomic E-state index is -0.0114. The molecule has 8 heteroatoms. The van der Waals surface area contributed by atoms with Gasteiger partial charge in [-0.3, -0.25) is 4.79 Å². The number of hydrogen-bond acceptors (Lipinski definition) is 6. The summed E-state index contributed by atoms with van der Waals surface area (Å²) >= 11 is 7.74. The summed E-state index contributed by atoms with van der Waals surface area (Å²) in [4.78, 5) is 26.1. The smallest absolute Gasteiger partial charge is 0.251 e. The molecule has 0 saturated carbocycles. The lowest BCUT2D eigenvalue weighted by Crippen LogP contribution is -2.39. The summed E-state index contributed by atoms with van der Waals surface area (Å²) in [5, 5.41) is 4.16. The standard InChI is InChI=1S/C25H36ClN5OS/c1-4-14-30(3)23-17-22(26)28-25(29-23)33-18-20-9-11-21(12-10-20)24(32)27-13-7-16-31-15-6-5-8-19(31)2/h9-12,17,19H,4-8,13-16,18H2,1-3H3,(H,27,32). The second-order valence-electron chi connectivity index (χ2n) is 8.73. The van der Waals surface area contributed by atoms with E-state index in [1.807, 2.05) is 31.3 Å². The number of carbonyl (C=O) groups is 1. The summed E-state index contributed by atoms with van der Waals surface area (Å²) in [7, 11) is 2.01. The lowest BCUT2D eigenvalue weighted by molar-refractivity contribution is 0.0949. The van der Waals surface area contributed by atoms with Gasteiger partial charge in [-0.05, 0) is 56.8 Å². The first kappa shape index (κ1) is 25.8. The predicted molar refractivity (Wildman–Crippen MR) is 138 cm³/mol. The Morgan fingerprint density at radius 3 is 2.79 bits per heavy atom. The van der Waals surface area contributed by atoms with Gasteiger partial charge in [0.05, 0.1) is 0 Å². The average Bonchev–Trinajstić information content (AvgIpc) is 2.81. The zero-order valence-electron chi connectivity index (χ0n) is 20.0. The number of rotatable bonds is 11. The minimum absolute atomic E-state index is 0.0114. The Labute approximate surface area is 207 Å². The average molecular weight is 490 g/mol. The van der Waals surface area contributed by atoms with Crippen LogP contribution in [-0.4, -0.2) is 60.0 Å². The van der Waals surface area contributed by atoms with E-state index >= 15 is 0 Å². The van der Waals surface area contributed by atoms with Crippen LogP contribution in [0.1, 0.15) is 61.9 Å². The van der Waals surface area contributed by atoms with Crippen molar-refractivity contribution in [2.24, 2.45) is 0 Å². The van der Waals surface area contributed by atoms with Crippen molar-refractivity contribution in [1.82, 2.24) is 20.2 Å². The molecule has 0 aliphatic carbocycles. The van der Waals surface area contributed by atoms with Gasteiger partial charge in [-0.15, -0.1) is 0 Å². The van der Waals surface area contributed by atoms with Crippen LogP contribution >= 0.6 is 23.4 Å². The third kappa shape index (κ3) is 8.16. The fraction of sp³-hybridized carbons (Fsp3) is 0.560. The number of aromatic nitrogens is 2. The van der Waals surface area contributed by atoms with E-state index in [4.69, 9.17) is 11.6 Å². The van der Waals surface area contributed by atoms with Crippen molar-refractivity contribution in [2.75, 3.05) is 38.1 Å². The molecule has 33 heavy (non-hydrogen) atoms. The number of benzene rings is 1. The van der Waals surface area contributed by atoms with Gasteiger partial charge >= 0.3 is 0 Å². The maximum absolute atomic E-state index is 12.5. The molecule has 6 nitrogen and oxygen atoms in total. The first-order valence-corrected chi connectivity index (χ1v) is 13.3. The number of likely N-dealkylation sites (tertiary alicyclic amines) is 1. The predicted octanol–water partition coefficient (Wildman–Crippen LogP) is 5.26. The fourth-order valence-corrected chi connectivity index (χ4v) is 5.11. The number of piperidine rings is 1. The van der Waals surface area contributed by atoms with Crippen LogP contribution in [0.4, 0.5) is 5.82 Å². The molecule has 2 heterocycles. The minimum Gasteiger partial charge on any atom is -0.360 e. The molecule has 180 valence electrons. The van der Waals surface area contributed by atoms with Crippen LogP contribution in [0.5, 0.6) is 0 Å². The van der Waals surface area contributed by atoms with E-state index < -0.39 is 0 Å². The third-order valence-corrected chi connectivity index (χ3v) is 7.16. The van der Waals surface area contributed by atoms with Crippen molar-refractivity contribution in [2.45, 2.75) is 62.9 Å². The molecular weight excluding hydrogens is 454 g/mol. The largest absolute Gasteiger partial charge is 0.360 e. The monoisotopic (exact) mass is 489 g/mol. The summed E-state index contributed by atoms with van der Waals surface area (Å²) in [6, 6.07) is 10.2. The number of anilines is 1. The van der Waals surface area contributed by atoms with Gasteiger partial charge in [0.15, 0.2) is 5.16 Å². The summed E-state index contributed by atoms with van der Waals surface area (Å²) in [5.74, 6) is 1.54. The maximum atomic E-state index is 12.5. The van der Waals surface area contributed by atoms with E-state index in [1.165, 1.54) is 25.8 Å². The van der Waals surface area contributed by atoms with Gasteiger partial charge in [-0.2, -0.15) is 0 Å². The van der Waals surface area contributed by atoms with Crippen molar-refractivity contribution in [3.8, 4) is 0 Å². The maximum Gasteiger partial charge on any atom is 0.251 e. The molecule has 1 aromatic carbocycles. The Morgan fingerprint density at radius 2 is 2.06 bits per heavy atom. The molecule has 1 aromatic heterocycles. The van der Waals surface area contributed by atoms with Crippen LogP contribution in [-0.2, 0) is 5.75 Å². The fourth-order valence-electron chi connectivity index (χ4n) is 4.07.